The molecule has 2 atom stereocenters. The molecule has 2 aromatic rings. The summed E-state index contributed by atoms with van der Waals surface area (Å²) in [4.78, 5) is 6.98. The smallest absolute Gasteiger partial charge is 0.186 e. The van der Waals surface area contributed by atoms with Crippen LogP contribution in [0.15, 0.2) is 18.2 Å². The zero-order valence-corrected chi connectivity index (χ0v) is 15.5. The van der Waals surface area contributed by atoms with Gasteiger partial charge in [0.25, 0.3) is 0 Å². The Hall–Kier alpha value is -1.37. The topological polar surface area (TPSA) is 65.8 Å². The van der Waals surface area contributed by atoms with E-state index in [4.69, 9.17) is 9.72 Å². The predicted molar refractivity (Wildman–Crippen MR) is 101 cm³/mol. The zero-order valence-electron chi connectivity index (χ0n) is 14.6. The van der Waals surface area contributed by atoms with Gasteiger partial charge in [-0.25, -0.2) is 4.98 Å². The summed E-state index contributed by atoms with van der Waals surface area (Å²) >= 11 is 1.64. The molecular weight excluding hydrogens is 336 g/mol. The molecular formula is C19H26N2O3S. The Morgan fingerprint density at radius 3 is 2.84 bits per heavy atom. The van der Waals surface area contributed by atoms with Crippen molar-refractivity contribution >= 4 is 26.7 Å². The van der Waals surface area contributed by atoms with Crippen LogP contribution in [0.2, 0.25) is 0 Å². The van der Waals surface area contributed by atoms with Gasteiger partial charge in [-0.1, -0.05) is 24.2 Å². The highest BCUT2D eigenvalue weighted by atomic mass is 32.1. The molecule has 1 saturated carbocycles. The monoisotopic (exact) mass is 362 g/mol. The van der Waals surface area contributed by atoms with Crippen LogP contribution in [0.1, 0.15) is 39.0 Å². The minimum Gasteiger partial charge on any atom is -0.494 e. The van der Waals surface area contributed by atoms with Gasteiger partial charge in [0, 0.05) is 13.1 Å². The maximum absolute atomic E-state index is 10.4. The SMILES string of the molecule is CCOc1ccc2nc(N3C[C@@H](O)[C@@H](O)CC4(CCCC4)C3)sc2c1. The van der Waals surface area contributed by atoms with E-state index in [1.807, 2.05) is 25.1 Å². The van der Waals surface area contributed by atoms with Gasteiger partial charge in [-0.15, -0.1) is 0 Å². The van der Waals surface area contributed by atoms with Gasteiger partial charge in [-0.05, 0) is 49.8 Å². The van der Waals surface area contributed by atoms with Crippen LogP contribution in [0.25, 0.3) is 10.2 Å². The Balaban J connectivity index is 1.65. The standard InChI is InChI=1S/C19H26N2O3S/c1-2-24-13-5-6-14-17(9-13)25-18(20-14)21-11-16(23)15(22)10-19(12-21)7-3-4-8-19/h5-6,9,15-16,22-23H,2-4,7-8,10-12H2,1H3/t15-,16+/m0/s1. The Morgan fingerprint density at radius 2 is 2.08 bits per heavy atom. The van der Waals surface area contributed by atoms with Gasteiger partial charge in [-0.3, -0.25) is 0 Å². The van der Waals surface area contributed by atoms with E-state index in [9.17, 15) is 10.2 Å². The third-order valence-corrected chi connectivity index (χ3v) is 6.69. The number of hydrogen-bond donors (Lipinski definition) is 2. The van der Waals surface area contributed by atoms with E-state index in [0.717, 1.165) is 40.5 Å². The summed E-state index contributed by atoms with van der Waals surface area (Å²) in [6.45, 7) is 3.95. The number of hydrogen-bond acceptors (Lipinski definition) is 6. The molecule has 4 rings (SSSR count). The van der Waals surface area contributed by atoms with Gasteiger partial charge in [0.2, 0.25) is 0 Å². The molecule has 25 heavy (non-hydrogen) atoms. The van der Waals surface area contributed by atoms with E-state index < -0.39 is 12.2 Å². The van der Waals surface area contributed by atoms with E-state index in [1.54, 1.807) is 11.3 Å². The highest BCUT2D eigenvalue weighted by Gasteiger charge is 2.42. The second-order valence-electron chi connectivity index (χ2n) is 7.49. The molecule has 0 bridgehead atoms. The first-order valence-electron chi connectivity index (χ1n) is 9.23. The van der Waals surface area contributed by atoms with Crippen molar-refractivity contribution in [3.63, 3.8) is 0 Å². The number of rotatable bonds is 3. The second-order valence-corrected chi connectivity index (χ2v) is 8.49. The number of ether oxygens (including phenoxy) is 1. The first kappa shape index (κ1) is 17.1. The summed E-state index contributed by atoms with van der Waals surface area (Å²) in [5.41, 5.74) is 1.08. The number of aromatic nitrogens is 1. The van der Waals surface area contributed by atoms with Crippen LogP contribution in [-0.4, -0.2) is 47.1 Å². The summed E-state index contributed by atoms with van der Waals surface area (Å²) in [6, 6.07) is 5.98. The number of fused-ring (bicyclic) bond motifs is 1. The van der Waals surface area contributed by atoms with Crippen molar-refractivity contribution in [1.29, 1.82) is 0 Å². The van der Waals surface area contributed by atoms with Crippen molar-refractivity contribution < 1.29 is 14.9 Å². The number of thiazole rings is 1. The first-order valence-corrected chi connectivity index (χ1v) is 10.0. The number of nitrogens with zero attached hydrogens (tertiary/aromatic N) is 2. The van der Waals surface area contributed by atoms with Gasteiger partial charge in [0.15, 0.2) is 5.13 Å². The highest BCUT2D eigenvalue weighted by molar-refractivity contribution is 7.22. The van der Waals surface area contributed by atoms with Crippen molar-refractivity contribution in [3.8, 4) is 5.75 Å². The lowest BCUT2D eigenvalue weighted by Gasteiger charge is -2.32. The fraction of sp³-hybridized carbons (Fsp3) is 0.632. The average molecular weight is 362 g/mol. The molecule has 0 radical (unpaired) electrons. The van der Waals surface area contributed by atoms with Crippen LogP contribution >= 0.6 is 11.3 Å². The molecule has 6 heteroatoms. The lowest BCUT2D eigenvalue weighted by molar-refractivity contribution is 0.00690. The van der Waals surface area contributed by atoms with E-state index >= 15 is 0 Å². The molecule has 2 fully saturated rings. The lowest BCUT2D eigenvalue weighted by Crippen LogP contribution is -2.37. The zero-order chi connectivity index (χ0) is 17.4. The molecule has 1 aliphatic heterocycles. The Kier molecular flexibility index (Phi) is 4.60. The van der Waals surface area contributed by atoms with E-state index in [1.165, 1.54) is 12.8 Å². The minimum absolute atomic E-state index is 0.116. The van der Waals surface area contributed by atoms with Gasteiger partial charge in [0.1, 0.15) is 5.75 Å². The summed E-state index contributed by atoms with van der Waals surface area (Å²) in [6.07, 6.45) is 4.04. The molecule has 2 N–H and O–H groups in total. The lowest BCUT2D eigenvalue weighted by atomic mass is 9.80. The van der Waals surface area contributed by atoms with Crippen LogP contribution in [0.5, 0.6) is 5.75 Å². The Labute approximate surface area is 152 Å². The average Bonchev–Trinajstić information content (AvgIpc) is 3.18. The molecule has 0 unspecified atom stereocenters. The quantitative estimate of drug-likeness (QED) is 0.878. The van der Waals surface area contributed by atoms with Crippen LogP contribution < -0.4 is 9.64 Å². The van der Waals surface area contributed by atoms with Crippen LogP contribution in [0, 0.1) is 5.41 Å². The van der Waals surface area contributed by atoms with Gasteiger partial charge in [0.05, 0.1) is 29.0 Å². The minimum atomic E-state index is -0.717. The third kappa shape index (κ3) is 3.35. The third-order valence-electron chi connectivity index (χ3n) is 5.61. The molecule has 1 saturated heterocycles. The summed E-state index contributed by atoms with van der Waals surface area (Å²) in [7, 11) is 0. The summed E-state index contributed by atoms with van der Waals surface area (Å²) in [5.74, 6) is 0.865. The molecule has 2 heterocycles. The fourth-order valence-electron chi connectivity index (χ4n) is 4.38. The maximum atomic E-state index is 10.4. The maximum Gasteiger partial charge on any atom is 0.186 e. The van der Waals surface area contributed by atoms with Crippen molar-refractivity contribution in [2.45, 2.75) is 51.2 Å². The van der Waals surface area contributed by atoms with Crippen LogP contribution in [-0.2, 0) is 0 Å². The predicted octanol–water partition coefficient (Wildman–Crippen LogP) is 3.19. The Bertz CT molecular complexity index is 741. The van der Waals surface area contributed by atoms with Gasteiger partial charge < -0.3 is 19.8 Å². The molecule has 2 aliphatic rings. The van der Waals surface area contributed by atoms with E-state index in [2.05, 4.69) is 4.90 Å². The van der Waals surface area contributed by atoms with Crippen molar-refractivity contribution in [2.24, 2.45) is 5.41 Å². The molecule has 136 valence electrons. The van der Waals surface area contributed by atoms with Crippen molar-refractivity contribution in [3.05, 3.63) is 18.2 Å². The van der Waals surface area contributed by atoms with Crippen LogP contribution in [0.4, 0.5) is 5.13 Å². The molecule has 1 aliphatic carbocycles. The molecule has 1 spiro atoms. The number of aliphatic hydroxyl groups is 2. The van der Waals surface area contributed by atoms with Crippen LogP contribution in [0.3, 0.4) is 0 Å². The number of aliphatic hydroxyl groups excluding tert-OH is 2. The van der Waals surface area contributed by atoms with Crippen molar-refractivity contribution in [2.75, 3.05) is 24.6 Å². The molecule has 1 aromatic carbocycles. The van der Waals surface area contributed by atoms with E-state index in [-0.39, 0.29) is 5.41 Å². The molecule has 0 amide bonds. The summed E-state index contributed by atoms with van der Waals surface area (Å²) in [5, 5.41) is 21.7. The molecule has 1 aromatic heterocycles. The second kappa shape index (κ2) is 6.74. The number of anilines is 1. The molecule has 5 nitrogen and oxygen atoms in total. The Morgan fingerprint density at radius 1 is 1.28 bits per heavy atom. The highest BCUT2D eigenvalue weighted by Crippen LogP contribution is 2.46. The summed E-state index contributed by atoms with van der Waals surface area (Å²) < 4.78 is 6.69. The van der Waals surface area contributed by atoms with Gasteiger partial charge >= 0.3 is 0 Å². The fourth-order valence-corrected chi connectivity index (χ4v) is 5.38. The van der Waals surface area contributed by atoms with Crippen molar-refractivity contribution in [1.82, 2.24) is 4.98 Å². The van der Waals surface area contributed by atoms with Gasteiger partial charge in [-0.2, -0.15) is 0 Å². The number of benzene rings is 1. The van der Waals surface area contributed by atoms with E-state index in [0.29, 0.717) is 19.6 Å². The first-order chi connectivity index (χ1) is 12.1. The normalized spacial score (nSPS) is 26.3. The number of β-amino-alcohol motifs (C(OH)–C–C–N with tert-alkyl or cyclic N) is 1. The largest absolute Gasteiger partial charge is 0.494 e.